The molecular weight excluding hydrogens is 533 g/mol. The molecule has 1 N–H and O–H groups in total. The van der Waals surface area contributed by atoms with Crippen LogP contribution in [-0.2, 0) is 21.0 Å². The summed E-state index contributed by atoms with van der Waals surface area (Å²) in [5, 5.41) is 10.1. The van der Waals surface area contributed by atoms with E-state index in [1.54, 1.807) is 36.1 Å². The Morgan fingerprint density at radius 3 is 2.33 bits per heavy atom. The van der Waals surface area contributed by atoms with E-state index in [1.807, 2.05) is 4.90 Å². The largest absolute Gasteiger partial charge is 0.508 e. The number of nitrogens with zero attached hydrogens (tertiary/aromatic N) is 4. The number of piperazine rings is 1. The van der Waals surface area contributed by atoms with Crippen LogP contribution in [0, 0.1) is 5.41 Å². The van der Waals surface area contributed by atoms with Crippen LogP contribution >= 0.6 is 0 Å². The zero-order valence-corrected chi connectivity index (χ0v) is 22.2. The van der Waals surface area contributed by atoms with Crippen molar-refractivity contribution in [1.82, 2.24) is 14.2 Å². The van der Waals surface area contributed by atoms with E-state index in [9.17, 15) is 31.5 Å². The Balaban J connectivity index is 1.31. The quantitative estimate of drug-likeness (QED) is 0.515. The lowest BCUT2D eigenvalue weighted by atomic mass is 9.81. The summed E-state index contributed by atoms with van der Waals surface area (Å²) >= 11 is 0. The van der Waals surface area contributed by atoms with Gasteiger partial charge in [0.2, 0.25) is 15.9 Å². The van der Waals surface area contributed by atoms with Crippen molar-refractivity contribution < 1.29 is 31.5 Å². The Morgan fingerprint density at radius 1 is 1.00 bits per heavy atom. The summed E-state index contributed by atoms with van der Waals surface area (Å²) in [5.41, 5.74) is -1.21. The number of phenolic OH excluding ortho intramolecular Hbond substituents is 1. The average Bonchev–Trinajstić information content (AvgIpc) is 2.92. The molecule has 2 fully saturated rings. The SMILES string of the molecule is CC1(C(=O)N2CCN(c3cc(C(F)(F)F)nc4ccccc34)CC2)CCCN(S(=O)(=O)c2ccc(O)cc2)C1. The molecule has 3 heterocycles. The average molecular weight is 563 g/mol. The Kier molecular flexibility index (Phi) is 6.96. The molecule has 2 aliphatic heterocycles. The van der Waals surface area contributed by atoms with Crippen LogP contribution in [0.1, 0.15) is 25.5 Å². The normalized spacial score (nSPS) is 21.3. The highest BCUT2D eigenvalue weighted by atomic mass is 32.2. The summed E-state index contributed by atoms with van der Waals surface area (Å²) in [6.07, 6.45) is -3.54. The lowest BCUT2D eigenvalue weighted by molar-refractivity contribution is -0.143. The van der Waals surface area contributed by atoms with Crippen molar-refractivity contribution in [3.05, 3.63) is 60.3 Å². The molecule has 0 aliphatic carbocycles. The molecule has 208 valence electrons. The van der Waals surface area contributed by atoms with Crippen LogP contribution in [0.3, 0.4) is 0 Å². The predicted molar refractivity (Wildman–Crippen MR) is 140 cm³/mol. The number of para-hydroxylation sites is 1. The molecule has 1 atom stereocenters. The number of amides is 1. The third kappa shape index (κ3) is 5.27. The number of phenols is 1. The Labute approximate surface area is 224 Å². The van der Waals surface area contributed by atoms with Crippen molar-refractivity contribution in [3.63, 3.8) is 0 Å². The Bertz CT molecular complexity index is 1490. The van der Waals surface area contributed by atoms with Crippen molar-refractivity contribution in [3.8, 4) is 5.75 Å². The Hall–Kier alpha value is -3.38. The summed E-state index contributed by atoms with van der Waals surface area (Å²) in [5.74, 6) is -0.204. The van der Waals surface area contributed by atoms with Crippen LogP contribution in [-0.4, -0.2) is 72.9 Å². The zero-order chi connectivity index (χ0) is 28.0. The number of fused-ring (bicyclic) bond motifs is 1. The number of rotatable bonds is 4. The number of pyridine rings is 1. The van der Waals surface area contributed by atoms with Crippen molar-refractivity contribution in [1.29, 1.82) is 0 Å². The number of sulfonamides is 1. The van der Waals surface area contributed by atoms with E-state index >= 15 is 0 Å². The van der Waals surface area contributed by atoms with E-state index in [-0.39, 0.29) is 35.2 Å². The molecule has 8 nitrogen and oxygen atoms in total. The van der Waals surface area contributed by atoms with E-state index in [4.69, 9.17) is 0 Å². The molecule has 2 aliphatic rings. The van der Waals surface area contributed by atoms with Gasteiger partial charge in [-0.25, -0.2) is 13.4 Å². The van der Waals surface area contributed by atoms with Gasteiger partial charge in [0.15, 0.2) is 0 Å². The van der Waals surface area contributed by atoms with E-state index in [1.165, 1.54) is 28.6 Å². The summed E-state index contributed by atoms with van der Waals surface area (Å²) in [4.78, 5) is 21.0. The van der Waals surface area contributed by atoms with Crippen LogP contribution in [0.4, 0.5) is 18.9 Å². The number of halogens is 3. The number of benzene rings is 2. The minimum atomic E-state index is -4.58. The number of hydrogen-bond acceptors (Lipinski definition) is 6. The van der Waals surface area contributed by atoms with Crippen LogP contribution in [0.15, 0.2) is 59.5 Å². The highest BCUT2D eigenvalue weighted by Gasteiger charge is 2.44. The van der Waals surface area contributed by atoms with Gasteiger partial charge in [-0.3, -0.25) is 4.79 Å². The first kappa shape index (κ1) is 27.2. The van der Waals surface area contributed by atoms with E-state index < -0.39 is 27.3 Å². The van der Waals surface area contributed by atoms with Gasteiger partial charge in [0, 0.05) is 50.3 Å². The third-order valence-corrected chi connectivity index (χ3v) is 9.40. The highest BCUT2D eigenvalue weighted by Crippen LogP contribution is 2.37. The van der Waals surface area contributed by atoms with Crippen molar-refractivity contribution >= 4 is 32.5 Å². The molecule has 2 saturated heterocycles. The molecule has 5 rings (SSSR count). The summed E-state index contributed by atoms with van der Waals surface area (Å²) in [7, 11) is -3.85. The van der Waals surface area contributed by atoms with Crippen LogP contribution in [0.5, 0.6) is 5.75 Å². The number of alkyl halides is 3. The number of anilines is 1. The smallest absolute Gasteiger partial charge is 0.433 e. The number of aromatic hydroxyl groups is 1. The molecule has 1 aromatic heterocycles. The lowest BCUT2D eigenvalue weighted by Crippen LogP contribution is -2.57. The topological polar surface area (TPSA) is 94.1 Å². The van der Waals surface area contributed by atoms with Gasteiger partial charge in [-0.15, -0.1) is 0 Å². The van der Waals surface area contributed by atoms with Gasteiger partial charge in [-0.05, 0) is 56.2 Å². The molecule has 2 aromatic carbocycles. The minimum absolute atomic E-state index is 0.0270. The minimum Gasteiger partial charge on any atom is -0.508 e. The van der Waals surface area contributed by atoms with Gasteiger partial charge in [0.1, 0.15) is 11.4 Å². The van der Waals surface area contributed by atoms with Crippen LogP contribution in [0.25, 0.3) is 10.9 Å². The molecule has 1 unspecified atom stereocenters. The van der Waals surface area contributed by atoms with Gasteiger partial charge >= 0.3 is 6.18 Å². The first-order chi connectivity index (χ1) is 18.4. The van der Waals surface area contributed by atoms with Crippen molar-refractivity contribution in [2.75, 3.05) is 44.2 Å². The summed E-state index contributed by atoms with van der Waals surface area (Å²) in [6, 6.07) is 13.0. The maximum absolute atomic E-state index is 13.7. The number of carbonyl (C=O) groups excluding carboxylic acids is 1. The van der Waals surface area contributed by atoms with E-state index in [0.717, 1.165) is 6.07 Å². The molecule has 39 heavy (non-hydrogen) atoms. The van der Waals surface area contributed by atoms with E-state index in [0.29, 0.717) is 50.1 Å². The maximum Gasteiger partial charge on any atom is 0.433 e. The fraction of sp³-hybridized carbons (Fsp3) is 0.407. The molecular formula is C27H29F3N4O4S. The van der Waals surface area contributed by atoms with Crippen LogP contribution in [0.2, 0.25) is 0 Å². The number of hydrogen-bond donors (Lipinski definition) is 1. The third-order valence-electron chi connectivity index (χ3n) is 7.54. The molecule has 0 radical (unpaired) electrons. The van der Waals surface area contributed by atoms with Gasteiger partial charge in [0.05, 0.1) is 15.8 Å². The second kappa shape index (κ2) is 9.98. The lowest BCUT2D eigenvalue weighted by Gasteiger charge is -2.44. The van der Waals surface area contributed by atoms with E-state index in [2.05, 4.69) is 4.98 Å². The molecule has 1 amide bonds. The molecule has 12 heteroatoms. The van der Waals surface area contributed by atoms with Crippen molar-refractivity contribution in [2.24, 2.45) is 5.41 Å². The van der Waals surface area contributed by atoms with Crippen molar-refractivity contribution in [2.45, 2.75) is 30.8 Å². The fourth-order valence-electron chi connectivity index (χ4n) is 5.44. The fourth-order valence-corrected chi connectivity index (χ4v) is 7.04. The Morgan fingerprint density at radius 2 is 1.67 bits per heavy atom. The maximum atomic E-state index is 13.7. The number of piperidine rings is 1. The first-order valence-corrected chi connectivity index (χ1v) is 14.1. The molecule has 3 aromatic rings. The second-order valence-corrected chi connectivity index (χ2v) is 12.3. The monoisotopic (exact) mass is 562 g/mol. The molecule has 0 saturated carbocycles. The predicted octanol–water partition coefficient (Wildman–Crippen LogP) is 4.10. The highest BCUT2D eigenvalue weighted by molar-refractivity contribution is 7.89. The molecule has 0 spiro atoms. The summed E-state index contributed by atoms with van der Waals surface area (Å²) in [6.45, 7) is 3.36. The van der Waals surface area contributed by atoms with Gasteiger partial charge in [0.25, 0.3) is 0 Å². The standard InChI is InChI=1S/C27H29F3N4O4S/c1-26(11-4-12-34(18-26)39(37,38)20-9-7-19(35)8-10-20)25(36)33-15-13-32(14-16-33)23-17-24(27(28,29)30)31-22-6-3-2-5-21(22)23/h2-3,5-10,17,35H,4,11-16,18H2,1H3. The van der Waals surface area contributed by atoms with Gasteiger partial charge < -0.3 is 14.9 Å². The van der Waals surface area contributed by atoms with Gasteiger partial charge in [-0.2, -0.15) is 17.5 Å². The van der Waals surface area contributed by atoms with Gasteiger partial charge in [-0.1, -0.05) is 18.2 Å². The number of carbonyl (C=O) groups is 1. The zero-order valence-electron chi connectivity index (χ0n) is 21.4. The summed E-state index contributed by atoms with van der Waals surface area (Å²) < 4.78 is 68.3. The molecule has 0 bridgehead atoms. The first-order valence-electron chi connectivity index (χ1n) is 12.7. The number of aromatic nitrogens is 1. The second-order valence-electron chi connectivity index (χ2n) is 10.3. The van der Waals surface area contributed by atoms with Crippen LogP contribution < -0.4 is 4.90 Å².